The third kappa shape index (κ3) is 11.2. The standard InChI is InChI=1S/2C3H4N2S.2C2H6/c1-3-4-2-6-5-3;1-3-4-2-5-6-3;2*1-2/h2*2H,1H3;2*1-2H3. The van der Waals surface area contributed by atoms with E-state index < -0.39 is 0 Å². The molecule has 16 heavy (non-hydrogen) atoms. The zero-order valence-electron chi connectivity index (χ0n) is 10.8. The molecule has 2 aromatic rings. The fourth-order valence-corrected chi connectivity index (χ4v) is 1.24. The lowest BCUT2D eigenvalue weighted by Gasteiger charge is -1.63. The lowest BCUT2D eigenvalue weighted by molar-refractivity contribution is 1.17. The van der Waals surface area contributed by atoms with Crippen LogP contribution in [0, 0.1) is 13.8 Å². The van der Waals surface area contributed by atoms with Crippen molar-refractivity contribution in [3.05, 3.63) is 22.7 Å². The van der Waals surface area contributed by atoms with Gasteiger partial charge in [0.1, 0.15) is 22.7 Å². The average molecular weight is 260 g/mol. The Bertz CT molecular complexity index is 260. The van der Waals surface area contributed by atoms with Crippen LogP contribution in [0.3, 0.4) is 0 Å². The maximum atomic E-state index is 3.85. The van der Waals surface area contributed by atoms with Crippen LogP contribution in [0.2, 0.25) is 0 Å². The highest BCUT2D eigenvalue weighted by molar-refractivity contribution is 7.05. The second-order valence-electron chi connectivity index (χ2n) is 1.94. The van der Waals surface area contributed by atoms with E-state index >= 15 is 0 Å². The Morgan fingerprint density at radius 2 is 1.62 bits per heavy atom. The smallest absolute Gasteiger partial charge is 0.139 e. The lowest BCUT2D eigenvalue weighted by Crippen LogP contribution is -1.66. The fourth-order valence-electron chi connectivity index (χ4n) is 0.452. The van der Waals surface area contributed by atoms with Crippen molar-refractivity contribution in [1.29, 1.82) is 0 Å². The molecule has 0 atom stereocenters. The van der Waals surface area contributed by atoms with E-state index in [1.165, 1.54) is 23.1 Å². The SMILES string of the molecule is CC.CC.Cc1ncns1.Cc1ncsn1. The Morgan fingerprint density at radius 3 is 1.75 bits per heavy atom. The first-order chi connectivity index (χ1) is 7.79. The lowest BCUT2D eigenvalue weighted by atomic mass is 10.8. The summed E-state index contributed by atoms with van der Waals surface area (Å²) in [6, 6.07) is 0. The third-order valence-electron chi connectivity index (χ3n) is 0.943. The van der Waals surface area contributed by atoms with Crippen LogP contribution < -0.4 is 0 Å². The molecule has 0 unspecified atom stereocenters. The zero-order valence-corrected chi connectivity index (χ0v) is 12.4. The topological polar surface area (TPSA) is 51.6 Å². The molecule has 0 N–H and O–H groups in total. The quantitative estimate of drug-likeness (QED) is 0.724. The van der Waals surface area contributed by atoms with E-state index in [0.29, 0.717) is 0 Å². The highest BCUT2D eigenvalue weighted by atomic mass is 32.1. The molecule has 0 aliphatic rings. The van der Waals surface area contributed by atoms with Gasteiger partial charge in [0, 0.05) is 0 Å². The normalized spacial score (nSPS) is 7.38. The number of nitrogens with zero attached hydrogens (tertiary/aromatic N) is 4. The van der Waals surface area contributed by atoms with Crippen LogP contribution in [0.1, 0.15) is 38.5 Å². The van der Waals surface area contributed by atoms with Crippen molar-refractivity contribution in [3.63, 3.8) is 0 Å². The summed E-state index contributed by atoms with van der Waals surface area (Å²) in [6.45, 7) is 11.8. The summed E-state index contributed by atoms with van der Waals surface area (Å²) < 4.78 is 7.60. The molecule has 2 heterocycles. The molecule has 6 heteroatoms. The molecule has 0 bridgehead atoms. The van der Waals surface area contributed by atoms with Crippen molar-refractivity contribution in [2.24, 2.45) is 0 Å². The Hall–Kier alpha value is -0.880. The number of aromatic nitrogens is 4. The summed E-state index contributed by atoms with van der Waals surface area (Å²) in [4.78, 5) is 7.65. The van der Waals surface area contributed by atoms with E-state index in [-0.39, 0.29) is 0 Å². The summed E-state index contributed by atoms with van der Waals surface area (Å²) in [5, 5.41) is 1.02. The van der Waals surface area contributed by atoms with Gasteiger partial charge in [-0.25, -0.2) is 9.97 Å². The van der Waals surface area contributed by atoms with Crippen molar-refractivity contribution in [2.45, 2.75) is 41.5 Å². The van der Waals surface area contributed by atoms with Crippen molar-refractivity contribution < 1.29 is 0 Å². The van der Waals surface area contributed by atoms with Crippen LogP contribution >= 0.6 is 23.1 Å². The average Bonchev–Trinajstić information content (AvgIpc) is 2.98. The molecule has 0 radical (unpaired) electrons. The molecule has 4 nitrogen and oxygen atoms in total. The second kappa shape index (κ2) is 14.1. The summed E-state index contributed by atoms with van der Waals surface area (Å²) in [7, 11) is 0. The molecule has 92 valence electrons. The second-order valence-corrected chi connectivity index (χ2v) is 3.53. The Kier molecular flexibility index (Phi) is 15.5. The third-order valence-corrected chi connectivity index (χ3v) is 2.08. The van der Waals surface area contributed by atoms with E-state index in [2.05, 4.69) is 18.7 Å². The van der Waals surface area contributed by atoms with Gasteiger partial charge in [-0.15, -0.1) is 0 Å². The molecule has 0 amide bonds. The van der Waals surface area contributed by atoms with E-state index in [0.717, 1.165) is 10.8 Å². The summed E-state index contributed by atoms with van der Waals surface area (Å²) in [6.07, 6.45) is 1.56. The summed E-state index contributed by atoms with van der Waals surface area (Å²) in [5.74, 6) is 0.861. The molecule has 2 aromatic heterocycles. The monoisotopic (exact) mass is 260 g/mol. The van der Waals surface area contributed by atoms with Crippen LogP contribution in [0.4, 0.5) is 0 Å². The Labute approximate surface area is 106 Å². The molecule has 2 rings (SSSR count). The van der Waals surface area contributed by atoms with Gasteiger partial charge in [-0.2, -0.15) is 8.75 Å². The van der Waals surface area contributed by atoms with Gasteiger partial charge >= 0.3 is 0 Å². The fraction of sp³-hybridized carbons (Fsp3) is 0.600. The van der Waals surface area contributed by atoms with E-state index in [1.807, 2.05) is 41.5 Å². The van der Waals surface area contributed by atoms with Gasteiger partial charge in [-0.3, -0.25) is 0 Å². The Morgan fingerprint density at radius 1 is 1.00 bits per heavy atom. The molecule has 0 saturated carbocycles. The van der Waals surface area contributed by atoms with Crippen LogP contribution in [0.5, 0.6) is 0 Å². The number of hydrogen-bond acceptors (Lipinski definition) is 6. The minimum atomic E-state index is 0.861. The minimum Gasteiger partial charge on any atom is -0.228 e. The van der Waals surface area contributed by atoms with E-state index in [9.17, 15) is 0 Å². The first kappa shape index (κ1) is 17.5. The molecule has 0 saturated heterocycles. The molecular formula is C10H20N4S2. The van der Waals surface area contributed by atoms with Crippen molar-refractivity contribution in [2.75, 3.05) is 0 Å². The first-order valence-corrected chi connectivity index (χ1v) is 6.86. The van der Waals surface area contributed by atoms with Crippen molar-refractivity contribution in [3.8, 4) is 0 Å². The van der Waals surface area contributed by atoms with Crippen molar-refractivity contribution in [1.82, 2.24) is 18.7 Å². The summed E-state index contributed by atoms with van der Waals surface area (Å²) >= 11 is 2.80. The molecule has 0 spiro atoms. The molecule has 0 aliphatic heterocycles. The molecular weight excluding hydrogens is 240 g/mol. The van der Waals surface area contributed by atoms with Crippen LogP contribution in [0.25, 0.3) is 0 Å². The van der Waals surface area contributed by atoms with E-state index in [1.54, 1.807) is 11.8 Å². The molecule has 0 fully saturated rings. The maximum absolute atomic E-state index is 3.85. The summed E-state index contributed by atoms with van der Waals surface area (Å²) in [5.41, 5.74) is 1.72. The van der Waals surface area contributed by atoms with Crippen LogP contribution in [-0.4, -0.2) is 18.7 Å². The van der Waals surface area contributed by atoms with Gasteiger partial charge < -0.3 is 0 Å². The van der Waals surface area contributed by atoms with Gasteiger partial charge in [0.25, 0.3) is 0 Å². The predicted octanol–water partition coefficient (Wildman–Crippen LogP) is 3.75. The highest BCUT2D eigenvalue weighted by Crippen LogP contribution is 1.92. The maximum Gasteiger partial charge on any atom is 0.139 e. The highest BCUT2D eigenvalue weighted by Gasteiger charge is 1.78. The molecule has 0 aromatic carbocycles. The van der Waals surface area contributed by atoms with E-state index in [4.69, 9.17) is 0 Å². The minimum absolute atomic E-state index is 0.861. The van der Waals surface area contributed by atoms with Gasteiger partial charge in [0.2, 0.25) is 0 Å². The first-order valence-electron chi connectivity index (χ1n) is 5.25. The van der Waals surface area contributed by atoms with Crippen molar-refractivity contribution >= 4 is 23.1 Å². The van der Waals surface area contributed by atoms with Gasteiger partial charge in [0.05, 0.1) is 0 Å². The number of rotatable bonds is 0. The largest absolute Gasteiger partial charge is 0.228 e. The van der Waals surface area contributed by atoms with Gasteiger partial charge in [-0.1, -0.05) is 27.7 Å². The van der Waals surface area contributed by atoms with Gasteiger partial charge in [0.15, 0.2) is 0 Å². The molecule has 0 aliphatic carbocycles. The number of aryl methyl sites for hydroxylation is 2. The Balaban J connectivity index is 0. The predicted molar refractivity (Wildman–Crippen MR) is 72.0 cm³/mol. The zero-order chi connectivity index (χ0) is 12.8. The van der Waals surface area contributed by atoms with Crippen LogP contribution in [0.15, 0.2) is 11.8 Å². The van der Waals surface area contributed by atoms with Gasteiger partial charge in [-0.05, 0) is 36.9 Å². The van der Waals surface area contributed by atoms with Crippen LogP contribution in [-0.2, 0) is 0 Å². The number of hydrogen-bond donors (Lipinski definition) is 0.